The second-order valence-corrected chi connectivity index (χ2v) is 8.62. The summed E-state index contributed by atoms with van der Waals surface area (Å²) in [4.78, 5) is 12.3. The van der Waals surface area contributed by atoms with Crippen LogP contribution in [0.2, 0.25) is 0 Å². The third-order valence-corrected chi connectivity index (χ3v) is 6.16. The topological polar surface area (TPSA) is 75.7 Å². The van der Waals surface area contributed by atoms with E-state index in [2.05, 4.69) is 5.32 Å². The SMILES string of the molecule is CC1CN(S(=O)(=O)c2ccc(C(=O)Nc3cc(F)ccc3F)cc2)CC(C)O1. The molecule has 0 spiro atoms. The number of halogens is 2. The van der Waals surface area contributed by atoms with Crippen LogP contribution in [-0.2, 0) is 14.8 Å². The van der Waals surface area contributed by atoms with Crippen LogP contribution in [0.15, 0.2) is 47.4 Å². The van der Waals surface area contributed by atoms with Crippen LogP contribution < -0.4 is 5.32 Å². The van der Waals surface area contributed by atoms with Gasteiger partial charge in [-0.05, 0) is 50.2 Å². The predicted molar refractivity (Wildman–Crippen MR) is 99.5 cm³/mol. The molecule has 1 fully saturated rings. The Kier molecular flexibility index (Phi) is 5.78. The first kappa shape index (κ1) is 20.4. The van der Waals surface area contributed by atoms with Crippen molar-refractivity contribution in [2.24, 2.45) is 0 Å². The van der Waals surface area contributed by atoms with E-state index < -0.39 is 27.6 Å². The van der Waals surface area contributed by atoms with Gasteiger partial charge >= 0.3 is 0 Å². The van der Waals surface area contributed by atoms with Crippen molar-refractivity contribution in [1.82, 2.24) is 4.31 Å². The summed E-state index contributed by atoms with van der Waals surface area (Å²) >= 11 is 0. The average Bonchev–Trinajstić information content (AvgIpc) is 2.64. The van der Waals surface area contributed by atoms with Gasteiger partial charge in [0, 0.05) is 24.7 Å². The van der Waals surface area contributed by atoms with Gasteiger partial charge in [0.1, 0.15) is 11.6 Å². The molecule has 2 aromatic carbocycles. The van der Waals surface area contributed by atoms with Crippen LogP contribution in [0.5, 0.6) is 0 Å². The van der Waals surface area contributed by atoms with Crippen molar-refractivity contribution < 1.29 is 26.7 Å². The van der Waals surface area contributed by atoms with Crippen molar-refractivity contribution in [3.05, 3.63) is 59.7 Å². The van der Waals surface area contributed by atoms with Crippen LogP contribution in [0.4, 0.5) is 14.5 Å². The fourth-order valence-corrected chi connectivity index (χ4v) is 4.63. The number of hydrogen-bond acceptors (Lipinski definition) is 4. The fourth-order valence-electron chi connectivity index (χ4n) is 3.04. The van der Waals surface area contributed by atoms with Gasteiger partial charge in [-0.2, -0.15) is 4.31 Å². The Morgan fingerprint density at radius 1 is 1.07 bits per heavy atom. The largest absolute Gasteiger partial charge is 0.373 e. The normalized spacial score (nSPS) is 20.7. The number of hydrogen-bond donors (Lipinski definition) is 1. The second kappa shape index (κ2) is 7.94. The van der Waals surface area contributed by atoms with Crippen LogP contribution in [-0.4, -0.2) is 43.9 Å². The van der Waals surface area contributed by atoms with Gasteiger partial charge in [-0.25, -0.2) is 17.2 Å². The van der Waals surface area contributed by atoms with E-state index in [9.17, 15) is 22.0 Å². The van der Waals surface area contributed by atoms with Gasteiger partial charge in [-0.3, -0.25) is 4.79 Å². The van der Waals surface area contributed by atoms with Crippen LogP contribution in [0.1, 0.15) is 24.2 Å². The van der Waals surface area contributed by atoms with Gasteiger partial charge in [-0.15, -0.1) is 0 Å². The van der Waals surface area contributed by atoms with Crippen molar-refractivity contribution in [2.45, 2.75) is 31.0 Å². The minimum Gasteiger partial charge on any atom is -0.373 e. The number of benzene rings is 2. The zero-order valence-electron chi connectivity index (χ0n) is 15.4. The quantitative estimate of drug-likeness (QED) is 0.841. The predicted octanol–water partition coefficient (Wildman–Crippen LogP) is 3.02. The number of carbonyl (C=O) groups excluding carboxylic acids is 1. The van der Waals surface area contributed by atoms with Crippen LogP contribution >= 0.6 is 0 Å². The van der Waals surface area contributed by atoms with Crippen molar-refractivity contribution >= 4 is 21.6 Å². The van der Waals surface area contributed by atoms with Gasteiger partial charge in [0.2, 0.25) is 10.0 Å². The first-order chi connectivity index (χ1) is 13.2. The van der Waals surface area contributed by atoms with E-state index in [1.165, 1.54) is 28.6 Å². The molecule has 1 N–H and O–H groups in total. The summed E-state index contributed by atoms with van der Waals surface area (Å²) in [6.45, 7) is 4.09. The molecule has 1 saturated heterocycles. The average molecular weight is 410 g/mol. The van der Waals surface area contributed by atoms with Crippen LogP contribution in [0.3, 0.4) is 0 Å². The highest BCUT2D eigenvalue weighted by molar-refractivity contribution is 7.89. The Labute approximate surface area is 162 Å². The van der Waals surface area contributed by atoms with E-state index in [1.54, 1.807) is 13.8 Å². The number of nitrogens with zero attached hydrogens (tertiary/aromatic N) is 1. The molecular weight excluding hydrogens is 390 g/mol. The summed E-state index contributed by atoms with van der Waals surface area (Å²) in [5, 5.41) is 2.27. The van der Waals surface area contributed by atoms with Crippen molar-refractivity contribution in [2.75, 3.05) is 18.4 Å². The summed E-state index contributed by atoms with van der Waals surface area (Å²) in [7, 11) is -3.73. The molecule has 0 aliphatic carbocycles. The Balaban J connectivity index is 1.77. The number of anilines is 1. The molecule has 0 aromatic heterocycles. The highest BCUT2D eigenvalue weighted by Gasteiger charge is 2.32. The molecule has 150 valence electrons. The molecular formula is C19H20F2N2O4S. The zero-order chi connectivity index (χ0) is 20.5. The van der Waals surface area contributed by atoms with E-state index in [0.717, 1.165) is 18.2 Å². The van der Waals surface area contributed by atoms with Crippen LogP contribution in [0, 0.1) is 11.6 Å². The number of ether oxygens (including phenoxy) is 1. The number of morpholine rings is 1. The number of sulfonamides is 1. The van der Waals surface area contributed by atoms with Gasteiger partial charge in [0.05, 0.1) is 22.8 Å². The zero-order valence-corrected chi connectivity index (χ0v) is 16.2. The summed E-state index contributed by atoms with van der Waals surface area (Å²) in [6, 6.07) is 8.00. The molecule has 6 nitrogen and oxygen atoms in total. The van der Waals surface area contributed by atoms with Crippen LogP contribution in [0.25, 0.3) is 0 Å². The minimum atomic E-state index is -3.73. The molecule has 0 saturated carbocycles. The fraction of sp³-hybridized carbons (Fsp3) is 0.316. The molecule has 1 heterocycles. The molecule has 1 amide bonds. The second-order valence-electron chi connectivity index (χ2n) is 6.68. The lowest BCUT2D eigenvalue weighted by Gasteiger charge is -2.34. The lowest BCUT2D eigenvalue weighted by atomic mass is 10.2. The summed E-state index contributed by atoms with van der Waals surface area (Å²) in [6.07, 6.45) is -0.436. The molecule has 1 aliphatic rings. The highest BCUT2D eigenvalue weighted by atomic mass is 32.2. The Hall–Kier alpha value is -2.36. The maximum absolute atomic E-state index is 13.7. The Morgan fingerprint density at radius 3 is 2.29 bits per heavy atom. The number of carbonyl (C=O) groups is 1. The lowest BCUT2D eigenvalue weighted by molar-refractivity contribution is -0.0440. The van der Waals surface area contributed by atoms with Crippen molar-refractivity contribution in [3.8, 4) is 0 Å². The highest BCUT2D eigenvalue weighted by Crippen LogP contribution is 2.22. The summed E-state index contributed by atoms with van der Waals surface area (Å²) < 4.78 is 59.4. The summed E-state index contributed by atoms with van der Waals surface area (Å²) in [5.74, 6) is -2.14. The molecule has 2 atom stereocenters. The monoisotopic (exact) mass is 410 g/mol. The molecule has 0 bridgehead atoms. The van der Waals surface area contributed by atoms with E-state index in [1.807, 2.05) is 0 Å². The van der Waals surface area contributed by atoms with E-state index in [4.69, 9.17) is 4.74 Å². The van der Waals surface area contributed by atoms with Gasteiger partial charge in [0.15, 0.2) is 0 Å². The first-order valence-electron chi connectivity index (χ1n) is 8.69. The smallest absolute Gasteiger partial charge is 0.255 e. The Morgan fingerprint density at radius 2 is 1.68 bits per heavy atom. The lowest BCUT2D eigenvalue weighted by Crippen LogP contribution is -2.48. The van der Waals surface area contributed by atoms with E-state index in [-0.39, 0.29) is 41.4 Å². The van der Waals surface area contributed by atoms with Gasteiger partial charge in [-0.1, -0.05) is 0 Å². The number of nitrogens with one attached hydrogen (secondary N) is 1. The minimum absolute atomic E-state index is 0.0438. The summed E-state index contributed by atoms with van der Waals surface area (Å²) in [5.41, 5.74) is -0.177. The molecule has 9 heteroatoms. The molecule has 2 unspecified atom stereocenters. The molecule has 1 aliphatic heterocycles. The van der Waals surface area contributed by atoms with Crippen molar-refractivity contribution in [3.63, 3.8) is 0 Å². The molecule has 3 rings (SSSR count). The molecule has 28 heavy (non-hydrogen) atoms. The van der Waals surface area contributed by atoms with Crippen molar-refractivity contribution in [1.29, 1.82) is 0 Å². The van der Waals surface area contributed by atoms with Gasteiger partial charge < -0.3 is 10.1 Å². The third-order valence-electron chi connectivity index (χ3n) is 4.32. The third kappa shape index (κ3) is 4.37. The Bertz CT molecular complexity index is 970. The first-order valence-corrected chi connectivity index (χ1v) is 10.1. The van der Waals surface area contributed by atoms with E-state index in [0.29, 0.717) is 0 Å². The maximum Gasteiger partial charge on any atom is 0.255 e. The standard InChI is InChI=1S/C19H20F2N2O4S/c1-12-10-23(11-13(2)27-12)28(25,26)16-6-3-14(4-7-16)19(24)22-18-9-15(20)5-8-17(18)21/h3-9,12-13H,10-11H2,1-2H3,(H,22,24). The molecule has 0 radical (unpaired) electrons. The van der Waals surface area contributed by atoms with E-state index >= 15 is 0 Å². The maximum atomic E-state index is 13.7. The van der Waals surface area contributed by atoms with Gasteiger partial charge in [0.25, 0.3) is 5.91 Å². The number of amides is 1. The molecule has 2 aromatic rings. The number of rotatable bonds is 4.